The highest BCUT2D eigenvalue weighted by molar-refractivity contribution is 5.75. The van der Waals surface area contributed by atoms with Crippen LogP contribution in [0.15, 0.2) is 0 Å². The number of nitrogens with one attached hydrogen (secondary N) is 1. The van der Waals surface area contributed by atoms with E-state index in [4.69, 9.17) is 10.8 Å². The van der Waals surface area contributed by atoms with Gasteiger partial charge in [-0.15, -0.1) is 0 Å². The smallest absolute Gasteiger partial charge is 0.303 e. The minimum absolute atomic E-state index is 0.198. The van der Waals surface area contributed by atoms with Gasteiger partial charge in [-0.1, -0.05) is 71.6 Å². The standard InChI is InChI=1S/C18H36N2O2.C3H6O2/c1-2-3-4-10-13-16-20-18(22)15-12-9-7-5-6-8-11-14-17(19)21;1-2-3(4)5/h2-16H2,1H3,(H2,19,21)(H,20,22);2H2,1H3,(H,4,5). The third-order valence-electron chi connectivity index (χ3n) is 4.23. The molecule has 0 atom stereocenters. The maximum Gasteiger partial charge on any atom is 0.303 e. The maximum absolute atomic E-state index is 11.6. The summed E-state index contributed by atoms with van der Waals surface area (Å²) in [6.07, 6.45) is 15.2. The summed E-state index contributed by atoms with van der Waals surface area (Å²) in [5, 5.41) is 10.7. The van der Waals surface area contributed by atoms with E-state index in [0.29, 0.717) is 12.8 Å². The van der Waals surface area contributed by atoms with Crippen LogP contribution in [0.3, 0.4) is 0 Å². The van der Waals surface area contributed by atoms with Crippen molar-refractivity contribution in [2.45, 2.75) is 110 Å². The molecule has 0 aromatic carbocycles. The van der Waals surface area contributed by atoms with Crippen LogP contribution in [0.5, 0.6) is 0 Å². The SMILES string of the molecule is CCC(=O)O.CCCCCCCNC(=O)CCCCCCCCCC(N)=O. The van der Waals surface area contributed by atoms with Gasteiger partial charge in [0.2, 0.25) is 11.8 Å². The Kier molecular flexibility index (Phi) is 23.0. The molecule has 0 heterocycles. The van der Waals surface area contributed by atoms with Gasteiger partial charge in [0.1, 0.15) is 0 Å². The summed E-state index contributed by atoms with van der Waals surface area (Å²) < 4.78 is 0. The van der Waals surface area contributed by atoms with Crippen LogP contribution in [0, 0.1) is 0 Å². The zero-order chi connectivity index (χ0) is 20.8. The van der Waals surface area contributed by atoms with Crippen LogP contribution in [0.2, 0.25) is 0 Å². The van der Waals surface area contributed by atoms with E-state index < -0.39 is 5.97 Å². The molecule has 0 aliphatic carbocycles. The summed E-state index contributed by atoms with van der Waals surface area (Å²) in [6.45, 7) is 4.65. The number of nitrogens with two attached hydrogens (primary N) is 1. The first-order valence-electron chi connectivity index (χ1n) is 10.7. The van der Waals surface area contributed by atoms with Gasteiger partial charge in [0, 0.05) is 25.8 Å². The molecule has 0 aromatic heterocycles. The predicted octanol–water partition coefficient (Wildman–Crippen LogP) is 4.55. The van der Waals surface area contributed by atoms with Crippen molar-refractivity contribution < 1.29 is 19.5 Å². The van der Waals surface area contributed by atoms with Crippen LogP contribution in [-0.2, 0) is 14.4 Å². The molecule has 27 heavy (non-hydrogen) atoms. The molecule has 0 unspecified atom stereocenters. The van der Waals surface area contributed by atoms with Gasteiger partial charge in [-0.05, 0) is 19.3 Å². The Hall–Kier alpha value is -1.59. The van der Waals surface area contributed by atoms with Gasteiger partial charge in [-0.3, -0.25) is 14.4 Å². The molecule has 0 saturated heterocycles. The van der Waals surface area contributed by atoms with E-state index in [2.05, 4.69) is 12.2 Å². The molecular weight excluding hydrogens is 344 g/mol. The van der Waals surface area contributed by atoms with Crippen LogP contribution in [0.1, 0.15) is 110 Å². The van der Waals surface area contributed by atoms with E-state index in [9.17, 15) is 14.4 Å². The molecule has 0 saturated carbocycles. The zero-order valence-corrected chi connectivity index (χ0v) is 17.6. The van der Waals surface area contributed by atoms with Gasteiger partial charge in [0.25, 0.3) is 0 Å². The first-order chi connectivity index (χ1) is 12.9. The molecule has 2 amide bonds. The minimum Gasteiger partial charge on any atom is -0.481 e. The van der Waals surface area contributed by atoms with E-state index in [1.54, 1.807) is 6.92 Å². The fourth-order valence-corrected chi connectivity index (χ4v) is 2.51. The zero-order valence-electron chi connectivity index (χ0n) is 17.6. The molecule has 0 radical (unpaired) electrons. The molecule has 6 nitrogen and oxygen atoms in total. The number of aliphatic carboxylic acids is 1. The van der Waals surface area contributed by atoms with E-state index >= 15 is 0 Å². The van der Waals surface area contributed by atoms with Crippen molar-refractivity contribution in [3.05, 3.63) is 0 Å². The number of amides is 2. The second-order valence-corrected chi connectivity index (χ2v) is 6.95. The Morgan fingerprint density at radius 1 is 0.741 bits per heavy atom. The van der Waals surface area contributed by atoms with Crippen molar-refractivity contribution in [2.24, 2.45) is 5.73 Å². The molecular formula is C21H42N2O4. The number of carboxylic acid groups (broad SMARTS) is 1. The van der Waals surface area contributed by atoms with E-state index in [-0.39, 0.29) is 18.2 Å². The highest BCUT2D eigenvalue weighted by Gasteiger charge is 2.00. The monoisotopic (exact) mass is 386 g/mol. The third-order valence-corrected chi connectivity index (χ3v) is 4.23. The lowest BCUT2D eigenvalue weighted by molar-refractivity contribution is -0.136. The molecule has 4 N–H and O–H groups in total. The van der Waals surface area contributed by atoms with E-state index in [1.165, 1.54) is 38.5 Å². The number of hydrogen-bond acceptors (Lipinski definition) is 3. The Labute approximate surface area is 165 Å². The second kappa shape index (κ2) is 22.5. The Morgan fingerprint density at radius 3 is 1.67 bits per heavy atom. The highest BCUT2D eigenvalue weighted by atomic mass is 16.4. The lowest BCUT2D eigenvalue weighted by Crippen LogP contribution is -2.23. The van der Waals surface area contributed by atoms with E-state index in [0.717, 1.165) is 45.1 Å². The Balaban J connectivity index is 0. The number of unbranched alkanes of at least 4 members (excludes halogenated alkanes) is 10. The van der Waals surface area contributed by atoms with Crippen LogP contribution >= 0.6 is 0 Å². The topological polar surface area (TPSA) is 109 Å². The fraction of sp³-hybridized carbons (Fsp3) is 0.857. The van der Waals surface area contributed by atoms with Crippen LogP contribution in [0.4, 0.5) is 0 Å². The van der Waals surface area contributed by atoms with Crippen molar-refractivity contribution in [3.63, 3.8) is 0 Å². The summed E-state index contributed by atoms with van der Waals surface area (Å²) in [6, 6.07) is 0. The summed E-state index contributed by atoms with van der Waals surface area (Å²) >= 11 is 0. The molecule has 0 aliphatic rings. The van der Waals surface area contributed by atoms with Crippen LogP contribution < -0.4 is 11.1 Å². The average molecular weight is 387 g/mol. The Morgan fingerprint density at radius 2 is 1.19 bits per heavy atom. The number of carboxylic acids is 1. The lowest BCUT2D eigenvalue weighted by atomic mass is 10.1. The van der Waals surface area contributed by atoms with Crippen LogP contribution in [0.25, 0.3) is 0 Å². The number of hydrogen-bond donors (Lipinski definition) is 3. The van der Waals surface area contributed by atoms with Crippen molar-refractivity contribution in [2.75, 3.05) is 6.54 Å². The van der Waals surface area contributed by atoms with Gasteiger partial charge in [0.05, 0.1) is 0 Å². The van der Waals surface area contributed by atoms with Gasteiger partial charge < -0.3 is 16.2 Å². The summed E-state index contributed by atoms with van der Waals surface area (Å²) in [5.41, 5.74) is 5.09. The summed E-state index contributed by atoms with van der Waals surface area (Å²) in [5.74, 6) is -0.738. The van der Waals surface area contributed by atoms with Gasteiger partial charge in [-0.25, -0.2) is 0 Å². The number of primary amides is 1. The minimum atomic E-state index is -0.745. The number of carbonyl (C=O) groups is 3. The molecule has 160 valence electrons. The third kappa shape index (κ3) is 29.4. The lowest BCUT2D eigenvalue weighted by Gasteiger charge is -2.05. The normalized spacial score (nSPS) is 10.0. The molecule has 0 bridgehead atoms. The fourth-order valence-electron chi connectivity index (χ4n) is 2.51. The number of rotatable bonds is 17. The molecule has 0 fully saturated rings. The predicted molar refractivity (Wildman–Crippen MR) is 110 cm³/mol. The van der Waals surface area contributed by atoms with Gasteiger partial charge >= 0.3 is 5.97 Å². The molecule has 0 aromatic rings. The van der Waals surface area contributed by atoms with Crippen molar-refractivity contribution in [3.8, 4) is 0 Å². The first-order valence-corrected chi connectivity index (χ1v) is 10.7. The van der Waals surface area contributed by atoms with Crippen molar-refractivity contribution in [1.82, 2.24) is 5.32 Å². The largest absolute Gasteiger partial charge is 0.481 e. The molecule has 0 aliphatic heterocycles. The Bertz CT molecular complexity index is 373. The molecule has 0 rings (SSSR count). The first kappa shape index (κ1) is 27.6. The quantitative estimate of drug-likeness (QED) is 0.318. The van der Waals surface area contributed by atoms with E-state index in [1.807, 2.05) is 0 Å². The highest BCUT2D eigenvalue weighted by Crippen LogP contribution is 2.09. The molecule has 6 heteroatoms. The maximum atomic E-state index is 11.6. The average Bonchev–Trinajstić information content (AvgIpc) is 2.63. The molecule has 0 spiro atoms. The van der Waals surface area contributed by atoms with Gasteiger partial charge in [0.15, 0.2) is 0 Å². The van der Waals surface area contributed by atoms with Gasteiger partial charge in [-0.2, -0.15) is 0 Å². The second-order valence-electron chi connectivity index (χ2n) is 6.95. The van der Waals surface area contributed by atoms with Crippen molar-refractivity contribution in [1.29, 1.82) is 0 Å². The summed E-state index contributed by atoms with van der Waals surface area (Å²) in [4.78, 5) is 31.5. The summed E-state index contributed by atoms with van der Waals surface area (Å²) in [7, 11) is 0. The van der Waals surface area contributed by atoms with Crippen LogP contribution in [-0.4, -0.2) is 29.4 Å². The van der Waals surface area contributed by atoms with Crippen molar-refractivity contribution >= 4 is 17.8 Å². The number of carbonyl (C=O) groups excluding carboxylic acids is 2.